The molecule has 1 rings (SSSR count). The molecule has 1 heteroatoms. The van der Waals surface area contributed by atoms with Crippen molar-refractivity contribution < 1.29 is 0 Å². The lowest BCUT2D eigenvalue weighted by molar-refractivity contribution is 0.369. The van der Waals surface area contributed by atoms with Gasteiger partial charge in [-0.25, -0.2) is 0 Å². The first-order valence-electron chi connectivity index (χ1n) is 7.67. The van der Waals surface area contributed by atoms with Crippen LogP contribution in [0.5, 0.6) is 0 Å². The van der Waals surface area contributed by atoms with Crippen LogP contribution in [-0.4, -0.2) is 12.6 Å². The van der Waals surface area contributed by atoms with Gasteiger partial charge < -0.3 is 5.32 Å². The molecule has 0 aliphatic heterocycles. The van der Waals surface area contributed by atoms with E-state index in [0.29, 0.717) is 0 Å². The van der Waals surface area contributed by atoms with Crippen molar-refractivity contribution in [3.8, 4) is 0 Å². The summed E-state index contributed by atoms with van der Waals surface area (Å²) in [5.74, 6) is 0. The maximum absolute atomic E-state index is 3.72. The van der Waals surface area contributed by atoms with Crippen molar-refractivity contribution in [3.63, 3.8) is 0 Å². The van der Waals surface area contributed by atoms with Crippen LogP contribution in [0.4, 0.5) is 0 Å². The van der Waals surface area contributed by atoms with Gasteiger partial charge in [-0.2, -0.15) is 0 Å². The highest BCUT2D eigenvalue weighted by molar-refractivity contribution is 4.71. The van der Waals surface area contributed by atoms with Gasteiger partial charge in [0.15, 0.2) is 0 Å². The molecule has 0 aromatic rings. The average molecular weight is 225 g/mol. The quantitative estimate of drug-likeness (QED) is 0.563. The molecule has 1 aliphatic carbocycles. The summed E-state index contributed by atoms with van der Waals surface area (Å²) in [6, 6.07) is 0.855. The SMILES string of the molecule is CCCCCCCCCNC1CCCCC1. The van der Waals surface area contributed by atoms with E-state index in [1.165, 1.54) is 83.6 Å². The average Bonchev–Trinajstić information content (AvgIpc) is 2.34. The van der Waals surface area contributed by atoms with Crippen LogP contribution in [0, 0.1) is 0 Å². The van der Waals surface area contributed by atoms with Crippen molar-refractivity contribution in [1.29, 1.82) is 0 Å². The van der Waals surface area contributed by atoms with Gasteiger partial charge in [0.05, 0.1) is 0 Å². The first-order chi connectivity index (χ1) is 7.93. The first-order valence-corrected chi connectivity index (χ1v) is 7.67. The molecule has 1 N–H and O–H groups in total. The molecule has 0 radical (unpaired) electrons. The third kappa shape index (κ3) is 7.27. The normalized spacial score (nSPS) is 17.8. The summed E-state index contributed by atoms with van der Waals surface area (Å²) in [5, 5.41) is 3.72. The zero-order valence-electron chi connectivity index (χ0n) is 11.3. The lowest BCUT2D eigenvalue weighted by atomic mass is 9.95. The fourth-order valence-corrected chi connectivity index (χ4v) is 2.70. The largest absolute Gasteiger partial charge is 0.314 e. The fourth-order valence-electron chi connectivity index (χ4n) is 2.70. The van der Waals surface area contributed by atoms with Crippen LogP contribution < -0.4 is 5.32 Å². The smallest absolute Gasteiger partial charge is 0.00670 e. The predicted octanol–water partition coefficient (Wildman–Crippen LogP) is 4.66. The molecule has 1 nitrogen and oxygen atoms in total. The van der Waals surface area contributed by atoms with E-state index in [1.54, 1.807) is 0 Å². The van der Waals surface area contributed by atoms with Gasteiger partial charge in [0.25, 0.3) is 0 Å². The zero-order valence-corrected chi connectivity index (χ0v) is 11.3. The van der Waals surface area contributed by atoms with Crippen molar-refractivity contribution in [2.45, 2.75) is 90.0 Å². The molecule has 0 aromatic heterocycles. The Balaban J connectivity index is 1.77. The van der Waals surface area contributed by atoms with Crippen molar-refractivity contribution >= 4 is 0 Å². The van der Waals surface area contributed by atoms with Crippen LogP contribution in [0.25, 0.3) is 0 Å². The summed E-state index contributed by atoms with van der Waals surface area (Å²) in [6.45, 7) is 3.55. The van der Waals surface area contributed by atoms with E-state index in [1.807, 2.05) is 0 Å². The van der Waals surface area contributed by atoms with Crippen LogP contribution in [0.1, 0.15) is 84.0 Å². The minimum absolute atomic E-state index is 0.855. The summed E-state index contributed by atoms with van der Waals surface area (Å²) in [5.41, 5.74) is 0. The number of hydrogen-bond donors (Lipinski definition) is 1. The van der Waals surface area contributed by atoms with Crippen LogP contribution in [0.15, 0.2) is 0 Å². The van der Waals surface area contributed by atoms with Crippen LogP contribution in [-0.2, 0) is 0 Å². The molecule has 1 saturated carbocycles. The zero-order chi connectivity index (χ0) is 11.5. The van der Waals surface area contributed by atoms with Gasteiger partial charge in [-0.05, 0) is 25.8 Å². The second kappa shape index (κ2) is 10.1. The van der Waals surface area contributed by atoms with E-state index in [9.17, 15) is 0 Å². The lowest BCUT2D eigenvalue weighted by Gasteiger charge is -2.22. The Morgan fingerprint density at radius 2 is 1.44 bits per heavy atom. The van der Waals surface area contributed by atoms with Gasteiger partial charge in [-0.3, -0.25) is 0 Å². The molecule has 0 spiro atoms. The van der Waals surface area contributed by atoms with Gasteiger partial charge in [-0.1, -0.05) is 64.7 Å². The monoisotopic (exact) mass is 225 g/mol. The summed E-state index contributed by atoms with van der Waals surface area (Å²) in [4.78, 5) is 0. The van der Waals surface area contributed by atoms with Crippen molar-refractivity contribution in [1.82, 2.24) is 5.32 Å². The summed E-state index contributed by atoms with van der Waals surface area (Å²) >= 11 is 0. The Morgan fingerprint density at radius 1 is 0.812 bits per heavy atom. The Hall–Kier alpha value is -0.0400. The van der Waals surface area contributed by atoms with Gasteiger partial charge in [0, 0.05) is 6.04 Å². The molecule has 1 fully saturated rings. The molecule has 0 aromatic carbocycles. The third-order valence-electron chi connectivity index (χ3n) is 3.82. The van der Waals surface area contributed by atoms with Gasteiger partial charge in [-0.15, -0.1) is 0 Å². The van der Waals surface area contributed by atoms with Crippen molar-refractivity contribution in [2.24, 2.45) is 0 Å². The fraction of sp³-hybridized carbons (Fsp3) is 1.00. The molecule has 0 atom stereocenters. The van der Waals surface area contributed by atoms with E-state index >= 15 is 0 Å². The maximum atomic E-state index is 3.72. The number of unbranched alkanes of at least 4 members (excludes halogenated alkanes) is 6. The second-order valence-electron chi connectivity index (χ2n) is 5.41. The highest BCUT2D eigenvalue weighted by atomic mass is 14.9. The molecule has 0 unspecified atom stereocenters. The molecule has 16 heavy (non-hydrogen) atoms. The Morgan fingerprint density at radius 3 is 2.12 bits per heavy atom. The van der Waals surface area contributed by atoms with Crippen LogP contribution in [0.3, 0.4) is 0 Å². The van der Waals surface area contributed by atoms with E-state index in [0.717, 1.165) is 6.04 Å². The van der Waals surface area contributed by atoms with Crippen molar-refractivity contribution in [3.05, 3.63) is 0 Å². The third-order valence-corrected chi connectivity index (χ3v) is 3.82. The van der Waals surface area contributed by atoms with Gasteiger partial charge >= 0.3 is 0 Å². The topological polar surface area (TPSA) is 12.0 Å². The van der Waals surface area contributed by atoms with Gasteiger partial charge in [0.2, 0.25) is 0 Å². The highest BCUT2D eigenvalue weighted by Crippen LogP contribution is 2.17. The summed E-state index contributed by atoms with van der Waals surface area (Å²) < 4.78 is 0. The highest BCUT2D eigenvalue weighted by Gasteiger charge is 2.11. The summed E-state index contributed by atoms with van der Waals surface area (Å²) in [6.07, 6.45) is 17.2. The minimum atomic E-state index is 0.855. The molecule has 96 valence electrons. The van der Waals surface area contributed by atoms with E-state index in [-0.39, 0.29) is 0 Å². The molecular formula is C15H31N. The molecule has 0 amide bonds. The Labute approximate surface area is 102 Å². The van der Waals surface area contributed by atoms with Gasteiger partial charge in [0.1, 0.15) is 0 Å². The molecule has 0 saturated heterocycles. The Kier molecular flexibility index (Phi) is 8.88. The Bertz CT molecular complexity index is 138. The summed E-state index contributed by atoms with van der Waals surface area (Å²) in [7, 11) is 0. The van der Waals surface area contributed by atoms with Crippen LogP contribution in [0.2, 0.25) is 0 Å². The minimum Gasteiger partial charge on any atom is -0.314 e. The van der Waals surface area contributed by atoms with E-state index in [4.69, 9.17) is 0 Å². The molecule has 1 aliphatic rings. The number of nitrogens with one attached hydrogen (secondary N) is 1. The van der Waals surface area contributed by atoms with E-state index in [2.05, 4.69) is 12.2 Å². The molecule has 0 bridgehead atoms. The predicted molar refractivity (Wildman–Crippen MR) is 72.9 cm³/mol. The standard InChI is InChI=1S/C15H31N/c1-2-3-4-5-6-7-11-14-16-15-12-9-8-10-13-15/h15-16H,2-14H2,1H3. The van der Waals surface area contributed by atoms with E-state index < -0.39 is 0 Å². The second-order valence-corrected chi connectivity index (χ2v) is 5.41. The molecular weight excluding hydrogens is 194 g/mol. The van der Waals surface area contributed by atoms with Crippen LogP contribution >= 0.6 is 0 Å². The number of rotatable bonds is 9. The maximum Gasteiger partial charge on any atom is 0.00670 e. The lowest BCUT2D eigenvalue weighted by Crippen LogP contribution is -2.31. The first kappa shape index (κ1) is 14.0. The van der Waals surface area contributed by atoms with Crippen molar-refractivity contribution in [2.75, 3.05) is 6.54 Å². The number of hydrogen-bond acceptors (Lipinski definition) is 1. The molecule has 0 heterocycles.